The lowest BCUT2D eigenvalue weighted by Gasteiger charge is -2.32. The predicted octanol–water partition coefficient (Wildman–Crippen LogP) is 2.22. The van der Waals surface area contributed by atoms with Crippen LogP contribution in [0, 0.1) is 17.2 Å². The number of nitrogen functional groups attached to an aromatic ring is 1. The van der Waals surface area contributed by atoms with Crippen molar-refractivity contribution >= 4 is 17.2 Å². The molecule has 0 amide bonds. The van der Waals surface area contributed by atoms with Crippen LogP contribution in [0.15, 0.2) is 30.4 Å². The lowest BCUT2D eigenvalue weighted by atomic mass is 9.70. The highest BCUT2D eigenvalue weighted by atomic mass is 16.1. The summed E-state index contributed by atoms with van der Waals surface area (Å²) in [4.78, 5) is 12.4. The molecule has 0 radical (unpaired) electrons. The molecule has 0 spiro atoms. The van der Waals surface area contributed by atoms with Crippen molar-refractivity contribution in [2.24, 2.45) is 11.8 Å². The van der Waals surface area contributed by atoms with Crippen molar-refractivity contribution in [3.8, 4) is 0 Å². The molecule has 0 aromatic heterocycles. The van der Waals surface area contributed by atoms with Crippen LogP contribution in [0.1, 0.15) is 22.3 Å². The van der Waals surface area contributed by atoms with Gasteiger partial charge in [0.05, 0.1) is 0 Å². The zero-order chi connectivity index (χ0) is 12.0. The fourth-order valence-electron chi connectivity index (χ4n) is 2.78. The van der Waals surface area contributed by atoms with Crippen LogP contribution in [0.4, 0.5) is 5.69 Å². The van der Waals surface area contributed by atoms with Crippen LogP contribution in [0.3, 0.4) is 0 Å². The molecule has 0 saturated heterocycles. The third-order valence-corrected chi connectivity index (χ3v) is 3.69. The van der Waals surface area contributed by atoms with Crippen molar-refractivity contribution in [3.63, 3.8) is 0 Å². The van der Waals surface area contributed by atoms with E-state index in [0.717, 1.165) is 17.5 Å². The first-order valence-corrected chi connectivity index (χ1v) is 5.83. The molecule has 1 aromatic rings. The van der Waals surface area contributed by atoms with Crippen LogP contribution >= 0.6 is 0 Å². The van der Waals surface area contributed by atoms with Crippen LogP contribution in [0.2, 0.25) is 0 Å². The molecule has 3 rings (SSSR count). The van der Waals surface area contributed by atoms with Gasteiger partial charge >= 0.3 is 0 Å². The summed E-state index contributed by atoms with van der Waals surface area (Å²) in [5, 5.41) is 7.66. The van der Waals surface area contributed by atoms with E-state index in [1.54, 1.807) is 6.07 Å². The van der Waals surface area contributed by atoms with Gasteiger partial charge in [0.25, 0.3) is 0 Å². The molecule has 2 aliphatic rings. The van der Waals surface area contributed by atoms with Gasteiger partial charge in [0.1, 0.15) is 0 Å². The number of nitrogens with one attached hydrogen (secondary N) is 1. The van der Waals surface area contributed by atoms with Gasteiger partial charge in [-0.25, -0.2) is 0 Å². The van der Waals surface area contributed by atoms with Gasteiger partial charge in [-0.3, -0.25) is 4.79 Å². The van der Waals surface area contributed by atoms with Gasteiger partial charge in [-0.2, -0.15) is 0 Å². The van der Waals surface area contributed by atoms with Gasteiger partial charge < -0.3 is 11.1 Å². The zero-order valence-electron chi connectivity index (χ0n) is 9.44. The van der Waals surface area contributed by atoms with Crippen molar-refractivity contribution < 1.29 is 4.79 Å². The smallest absolute Gasteiger partial charge is 0.167 e. The Bertz CT molecular complexity index is 545. The molecule has 2 unspecified atom stereocenters. The molecule has 17 heavy (non-hydrogen) atoms. The lowest BCUT2D eigenvalue weighted by molar-refractivity contribution is 0.0876. The Morgan fingerprint density at radius 1 is 1.29 bits per heavy atom. The first kappa shape index (κ1) is 10.3. The Hall–Kier alpha value is -1.90. The number of rotatable bonds is 0. The van der Waals surface area contributed by atoms with Gasteiger partial charge in [-0.15, -0.1) is 0 Å². The minimum absolute atomic E-state index is 0.0539. The molecular formula is C14H14N2O. The first-order valence-electron chi connectivity index (χ1n) is 5.83. The number of benzene rings is 1. The summed E-state index contributed by atoms with van der Waals surface area (Å²) in [7, 11) is 0. The lowest BCUT2D eigenvalue weighted by Crippen LogP contribution is -2.34. The van der Waals surface area contributed by atoms with Gasteiger partial charge in [0.15, 0.2) is 5.78 Å². The van der Waals surface area contributed by atoms with E-state index in [1.165, 1.54) is 0 Å². The van der Waals surface area contributed by atoms with E-state index in [9.17, 15) is 4.79 Å². The second-order valence-corrected chi connectivity index (χ2v) is 4.84. The average Bonchev–Trinajstić information content (AvgIpc) is 2.32. The molecule has 0 aliphatic heterocycles. The number of Topliss-reactive ketones (excluding diaryl/α,β-unsaturated/α-hetero) is 1. The zero-order valence-corrected chi connectivity index (χ0v) is 9.44. The van der Waals surface area contributed by atoms with E-state index in [0.29, 0.717) is 17.8 Å². The molecule has 86 valence electrons. The van der Waals surface area contributed by atoms with Gasteiger partial charge in [-0.05, 0) is 42.5 Å². The fourth-order valence-corrected chi connectivity index (χ4v) is 2.78. The first-order chi connectivity index (χ1) is 8.15. The number of anilines is 1. The Morgan fingerprint density at radius 2 is 2.12 bits per heavy atom. The van der Waals surface area contributed by atoms with E-state index in [4.69, 9.17) is 11.1 Å². The Kier molecular flexibility index (Phi) is 2.15. The molecule has 0 fully saturated rings. The van der Waals surface area contributed by atoms with Crippen molar-refractivity contribution in [2.75, 3.05) is 5.73 Å². The van der Waals surface area contributed by atoms with E-state index >= 15 is 0 Å². The summed E-state index contributed by atoms with van der Waals surface area (Å²) < 4.78 is 0. The molecule has 2 aliphatic carbocycles. The third kappa shape index (κ3) is 1.58. The van der Waals surface area contributed by atoms with Crippen molar-refractivity contribution in [2.45, 2.75) is 12.8 Å². The van der Waals surface area contributed by atoms with Gasteiger partial charge in [0, 0.05) is 22.9 Å². The Balaban J connectivity index is 2.07. The highest BCUT2D eigenvalue weighted by Crippen LogP contribution is 2.36. The minimum atomic E-state index is -0.0539. The molecule has 0 bridgehead atoms. The summed E-state index contributed by atoms with van der Waals surface area (Å²) in [6.45, 7) is 0. The predicted molar refractivity (Wildman–Crippen MR) is 67.4 cm³/mol. The van der Waals surface area contributed by atoms with E-state index in [2.05, 4.69) is 0 Å². The van der Waals surface area contributed by atoms with Crippen molar-refractivity contribution in [3.05, 3.63) is 41.5 Å². The van der Waals surface area contributed by atoms with Gasteiger partial charge in [-0.1, -0.05) is 12.1 Å². The number of allylic oxidation sites excluding steroid dienone is 2. The van der Waals surface area contributed by atoms with Crippen molar-refractivity contribution in [1.29, 1.82) is 5.41 Å². The number of nitrogens with two attached hydrogens (primary N) is 1. The number of fused-ring (bicyclic) bond motifs is 2. The summed E-state index contributed by atoms with van der Waals surface area (Å²) in [5.74, 6) is 0.354. The molecule has 0 heterocycles. The number of hydrogen-bond acceptors (Lipinski definition) is 3. The molecule has 0 saturated carbocycles. The maximum Gasteiger partial charge on any atom is 0.167 e. The number of carbonyl (C=O) groups excluding carboxylic acids is 1. The summed E-state index contributed by atoms with van der Waals surface area (Å²) in [6.07, 6.45) is 5.29. The summed E-state index contributed by atoms with van der Waals surface area (Å²) >= 11 is 0. The molecule has 3 heteroatoms. The van der Waals surface area contributed by atoms with Crippen LogP contribution in [-0.4, -0.2) is 11.5 Å². The van der Waals surface area contributed by atoms with Gasteiger partial charge in [0.2, 0.25) is 0 Å². The maximum atomic E-state index is 12.4. The van der Waals surface area contributed by atoms with Crippen LogP contribution in [0.25, 0.3) is 0 Å². The number of carbonyl (C=O) groups is 1. The monoisotopic (exact) mass is 226 g/mol. The molecule has 3 N–H and O–H groups in total. The topological polar surface area (TPSA) is 66.9 Å². The fraction of sp³-hybridized carbons (Fsp3) is 0.286. The molecule has 3 nitrogen and oxygen atoms in total. The second-order valence-electron chi connectivity index (χ2n) is 4.84. The normalized spacial score (nSPS) is 26.6. The average molecular weight is 226 g/mol. The quantitative estimate of drug-likeness (QED) is 0.666. The standard InChI is InChI=1S/C14H14N2O/c15-10-3-1-8-5-9-2-4-11(16)7-13(9)14(17)12(8)6-10/h1-4,6,9,13,16H,5,7,15H2. The Labute approximate surface area is 99.8 Å². The molecular weight excluding hydrogens is 212 g/mol. The van der Waals surface area contributed by atoms with E-state index in [-0.39, 0.29) is 17.6 Å². The van der Waals surface area contributed by atoms with E-state index in [1.807, 2.05) is 24.3 Å². The van der Waals surface area contributed by atoms with Crippen LogP contribution < -0.4 is 5.73 Å². The minimum Gasteiger partial charge on any atom is -0.399 e. The third-order valence-electron chi connectivity index (χ3n) is 3.69. The Morgan fingerprint density at radius 3 is 2.94 bits per heavy atom. The number of ketones is 1. The SMILES string of the molecule is N=C1C=CC2Cc3ccc(N)cc3C(=O)C2C1. The summed E-state index contributed by atoms with van der Waals surface area (Å²) in [5.41, 5.74) is 8.76. The largest absolute Gasteiger partial charge is 0.399 e. The molecule has 2 atom stereocenters. The molecule has 1 aromatic carbocycles. The maximum absolute atomic E-state index is 12.4. The highest BCUT2D eigenvalue weighted by molar-refractivity contribution is 6.05. The number of hydrogen-bond donors (Lipinski definition) is 2. The van der Waals surface area contributed by atoms with Crippen LogP contribution in [0.5, 0.6) is 0 Å². The van der Waals surface area contributed by atoms with Crippen molar-refractivity contribution in [1.82, 2.24) is 0 Å². The van der Waals surface area contributed by atoms with Crippen LogP contribution in [-0.2, 0) is 6.42 Å². The van der Waals surface area contributed by atoms with E-state index < -0.39 is 0 Å². The second kappa shape index (κ2) is 3.55. The summed E-state index contributed by atoms with van der Waals surface area (Å²) in [6, 6.07) is 5.57. The highest BCUT2D eigenvalue weighted by Gasteiger charge is 2.36.